The van der Waals surface area contributed by atoms with Crippen molar-refractivity contribution >= 4 is 23.2 Å². The molecule has 21 heavy (non-hydrogen) atoms. The largest absolute Gasteiger partial charge is 0.397 e. The number of benzene rings is 1. The normalized spacial score (nSPS) is 10.3. The molecule has 6 nitrogen and oxygen atoms in total. The van der Waals surface area contributed by atoms with Crippen molar-refractivity contribution in [2.45, 2.75) is 26.3 Å². The molecule has 0 atom stereocenters. The number of anilines is 2. The number of amides is 2. The maximum atomic E-state index is 11.9. The molecule has 2 amide bonds. The third kappa shape index (κ3) is 5.33. The second kappa shape index (κ2) is 7.52. The van der Waals surface area contributed by atoms with E-state index >= 15 is 0 Å². The van der Waals surface area contributed by atoms with Gasteiger partial charge in [-0.25, -0.2) is 0 Å². The molecular weight excluding hydrogens is 268 g/mol. The van der Waals surface area contributed by atoms with Gasteiger partial charge in [0.15, 0.2) is 0 Å². The van der Waals surface area contributed by atoms with Crippen molar-refractivity contribution in [1.29, 1.82) is 0 Å². The minimum atomic E-state index is -0.0874. The Hall–Kier alpha value is -2.24. The molecule has 6 heteroatoms. The summed E-state index contributed by atoms with van der Waals surface area (Å²) in [5.41, 5.74) is 7.65. The number of rotatable bonds is 6. The topological polar surface area (TPSA) is 87.5 Å². The van der Waals surface area contributed by atoms with Crippen LogP contribution in [0.15, 0.2) is 18.2 Å². The van der Waals surface area contributed by atoms with Crippen LogP contribution in [0, 0.1) is 0 Å². The summed E-state index contributed by atoms with van der Waals surface area (Å²) in [6, 6.07) is 5.21. The predicted octanol–water partition coefficient (Wildman–Crippen LogP) is 1.30. The smallest absolute Gasteiger partial charge is 0.253 e. The molecule has 0 fully saturated rings. The van der Waals surface area contributed by atoms with Gasteiger partial charge in [-0.05, 0) is 32.0 Å². The van der Waals surface area contributed by atoms with Gasteiger partial charge in [-0.1, -0.05) is 0 Å². The standard InChI is InChI=1S/C15H24N4O2/c1-10(2)18-14(20)7-8-17-13-9-11(5-6-12(13)16)15(21)19(3)4/h5-6,9-10,17H,7-8,16H2,1-4H3,(H,18,20). The number of nitrogens with two attached hydrogens (primary N) is 1. The number of nitrogen functional groups attached to an aromatic ring is 1. The molecule has 0 aromatic heterocycles. The Labute approximate surface area is 125 Å². The number of nitrogens with one attached hydrogen (secondary N) is 2. The lowest BCUT2D eigenvalue weighted by molar-refractivity contribution is -0.121. The van der Waals surface area contributed by atoms with E-state index < -0.39 is 0 Å². The molecule has 1 rings (SSSR count). The van der Waals surface area contributed by atoms with Gasteiger partial charge in [0.05, 0.1) is 11.4 Å². The van der Waals surface area contributed by atoms with Gasteiger partial charge in [0.25, 0.3) is 5.91 Å². The number of hydrogen-bond donors (Lipinski definition) is 3. The molecule has 0 radical (unpaired) electrons. The van der Waals surface area contributed by atoms with Gasteiger partial charge in [-0.15, -0.1) is 0 Å². The average Bonchev–Trinajstić information content (AvgIpc) is 2.39. The highest BCUT2D eigenvalue weighted by molar-refractivity contribution is 5.95. The summed E-state index contributed by atoms with van der Waals surface area (Å²) in [5, 5.41) is 5.91. The van der Waals surface area contributed by atoms with Crippen molar-refractivity contribution in [2.24, 2.45) is 0 Å². The van der Waals surface area contributed by atoms with E-state index in [1.807, 2.05) is 13.8 Å². The van der Waals surface area contributed by atoms with Gasteiger partial charge >= 0.3 is 0 Å². The van der Waals surface area contributed by atoms with E-state index in [1.54, 1.807) is 32.3 Å². The first-order chi connectivity index (χ1) is 9.81. The zero-order chi connectivity index (χ0) is 16.0. The van der Waals surface area contributed by atoms with Crippen LogP contribution in [0.4, 0.5) is 11.4 Å². The first-order valence-electron chi connectivity index (χ1n) is 6.95. The van der Waals surface area contributed by atoms with Crippen molar-refractivity contribution in [3.05, 3.63) is 23.8 Å². The molecular formula is C15H24N4O2. The molecule has 0 aliphatic rings. The van der Waals surface area contributed by atoms with Crippen LogP contribution >= 0.6 is 0 Å². The lowest BCUT2D eigenvalue weighted by atomic mass is 10.1. The van der Waals surface area contributed by atoms with Crippen molar-refractivity contribution < 1.29 is 9.59 Å². The van der Waals surface area contributed by atoms with Crippen LogP contribution in [0.5, 0.6) is 0 Å². The summed E-state index contributed by atoms with van der Waals surface area (Å²) in [4.78, 5) is 25.0. The van der Waals surface area contributed by atoms with E-state index in [4.69, 9.17) is 5.73 Å². The van der Waals surface area contributed by atoms with Crippen molar-refractivity contribution in [3.63, 3.8) is 0 Å². The Morgan fingerprint density at radius 3 is 2.52 bits per heavy atom. The summed E-state index contributed by atoms with van der Waals surface area (Å²) < 4.78 is 0. The lowest BCUT2D eigenvalue weighted by Crippen LogP contribution is -2.31. The summed E-state index contributed by atoms with van der Waals surface area (Å²) in [6.07, 6.45) is 0.351. The molecule has 0 bridgehead atoms. The Balaban J connectivity index is 2.64. The molecule has 1 aromatic carbocycles. The number of carbonyl (C=O) groups excluding carboxylic acids is 2. The van der Waals surface area contributed by atoms with Crippen molar-refractivity contribution in [1.82, 2.24) is 10.2 Å². The molecule has 0 unspecified atom stereocenters. The minimum Gasteiger partial charge on any atom is -0.397 e. The minimum absolute atomic E-state index is 0.0170. The van der Waals surface area contributed by atoms with E-state index in [9.17, 15) is 9.59 Å². The highest BCUT2D eigenvalue weighted by atomic mass is 16.2. The molecule has 0 saturated carbocycles. The van der Waals surface area contributed by atoms with Gasteiger partial charge < -0.3 is 21.3 Å². The van der Waals surface area contributed by atoms with Crippen LogP contribution in [0.2, 0.25) is 0 Å². The van der Waals surface area contributed by atoms with Gasteiger partial charge in [0.1, 0.15) is 0 Å². The fraction of sp³-hybridized carbons (Fsp3) is 0.467. The van der Waals surface area contributed by atoms with E-state index in [0.29, 0.717) is 29.9 Å². The molecule has 4 N–H and O–H groups in total. The summed E-state index contributed by atoms with van der Waals surface area (Å²) in [5.74, 6) is -0.104. The average molecular weight is 292 g/mol. The fourth-order valence-corrected chi connectivity index (χ4v) is 1.81. The first kappa shape index (κ1) is 16.8. The maximum Gasteiger partial charge on any atom is 0.253 e. The zero-order valence-electron chi connectivity index (χ0n) is 13.1. The second-order valence-electron chi connectivity index (χ2n) is 5.40. The number of carbonyl (C=O) groups is 2. The maximum absolute atomic E-state index is 11.9. The number of nitrogens with zero attached hydrogens (tertiary/aromatic N) is 1. The second-order valence-corrected chi connectivity index (χ2v) is 5.40. The van der Waals surface area contributed by atoms with Gasteiger partial charge in [-0.3, -0.25) is 9.59 Å². The Kier molecular flexibility index (Phi) is 6.02. The van der Waals surface area contributed by atoms with Gasteiger partial charge in [0.2, 0.25) is 5.91 Å². The summed E-state index contributed by atoms with van der Waals surface area (Å²) in [7, 11) is 3.39. The first-order valence-corrected chi connectivity index (χ1v) is 6.95. The third-order valence-corrected chi connectivity index (χ3v) is 2.82. The van der Waals surface area contributed by atoms with Crippen LogP contribution in [-0.4, -0.2) is 43.4 Å². The fourth-order valence-electron chi connectivity index (χ4n) is 1.81. The SMILES string of the molecule is CC(C)NC(=O)CCNc1cc(C(=O)N(C)C)ccc1N. The van der Waals surface area contributed by atoms with Crippen LogP contribution in [0.25, 0.3) is 0 Å². The molecule has 0 heterocycles. The Bertz CT molecular complexity index is 512. The Morgan fingerprint density at radius 1 is 1.29 bits per heavy atom. The Morgan fingerprint density at radius 2 is 1.95 bits per heavy atom. The van der Waals surface area contributed by atoms with Gasteiger partial charge in [0, 0.05) is 38.7 Å². The van der Waals surface area contributed by atoms with E-state index in [0.717, 1.165) is 0 Å². The third-order valence-electron chi connectivity index (χ3n) is 2.82. The molecule has 116 valence electrons. The van der Waals surface area contributed by atoms with Crippen LogP contribution in [-0.2, 0) is 4.79 Å². The van der Waals surface area contributed by atoms with E-state index in [2.05, 4.69) is 10.6 Å². The molecule has 1 aromatic rings. The van der Waals surface area contributed by atoms with E-state index in [1.165, 1.54) is 4.90 Å². The lowest BCUT2D eigenvalue weighted by Gasteiger charge is -2.14. The van der Waals surface area contributed by atoms with Crippen LogP contribution in [0.1, 0.15) is 30.6 Å². The predicted molar refractivity (Wildman–Crippen MR) is 85.3 cm³/mol. The molecule has 0 saturated heterocycles. The quantitative estimate of drug-likeness (QED) is 0.690. The van der Waals surface area contributed by atoms with Crippen LogP contribution < -0.4 is 16.4 Å². The van der Waals surface area contributed by atoms with Crippen LogP contribution in [0.3, 0.4) is 0 Å². The van der Waals surface area contributed by atoms with Gasteiger partial charge in [-0.2, -0.15) is 0 Å². The summed E-state index contributed by atoms with van der Waals surface area (Å²) in [6.45, 7) is 4.29. The molecule has 0 aliphatic carbocycles. The highest BCUT2D eigenvalue weighted by Gasteiger charge is 2.10. The molecule has 0 spiro atoms. The van der Waals surface area contributed by atoms with Crippen molar-refractivity contribution in [2.75, 3.05) is 31.7 Å². The summed E-state index contributed by atoms with van der Waals surface area (Å²) >= 11 is 0. The van der Waals surface area contributed by atoms with E-state index in [-0.39, 0.29) is 17.9 Å². The zero-order valence-corrected chi connectivity index (χ0v) is 13.1. The highest BCUT2D eigenvalue weighted by Crippen LogP contribution is 2.20. The number of hydrogen-bond acceptors (Lipinski definition) is 4. The van der Waals surface area contributed by atoms with Crippen molar-refractivity contribution in [3.8, 4) is 0 Å². The molecule has 0 aliphatic heterocycles. The monoisotopic (exact) mass is 292 g/mol.